The lowest BCUT2D eigenvalue weighted by molar-refractivity contribution is -0.395. The summed E-state index contributed by atoms with van der Waals surface area (Å²) in [6.45, 7) is 0. The Balaban J connectivity index is 1.84. The molecule has 11 nitrogen and oxygen atoms in total. The van der Waals surface area contributed by atoms with Crippen LogP contribution >= 0.6 is 0 Å². The van der Waals surface area contributed by atoms with Crippen LogP contribution in [-0.2, 0) is 0 Å². The van der Waals surface area contributed by atoms with E-state index >= 15 is 0 Å². The van der Waals surface area contributed by atoms with Crippen molar-refractivity contribution in [1.82, 2.24) is 5.06 Å². The van der Waals surface area contributed by atoms with Gasteiger partial charge < -0.3 is 9.57 Å². The van der Waals surface area contributed by atoms with Gasteiger partial charge in [0, 0.05) is 11.5 Å². The molecule has 0 spiro atoms. The number of nitro groups is 2. The Morgan fingerprint density at radius 2 is 1.63 bits per heavy atom. The quantitative estimate of drug-likeness (QED) is 0.355. The molecule has 0 fully saturated rings. The number of amides is 2. The standard InChI is InChI=1S/C19H11N3O8/c1-29-15-7-5-10-3-2-4-12-16(10)17(15)19(24)20(18(12)23)30-14-8-6-11(21(25)26)9-13(14)22(27)28/h2-9H,1H3. The molecule has 0 unspecified atom stereocenters. The Hall–Kier alpha value is -4.54. The fourth-order valence-corrected chi connectivity index (χ4v) is 3.24. The number of benzene rings is 3. The first-order valence-corrected chi connectivity index (χ1v) is 8.42. The van der Waals surface area contributed by atoms with Crippen molar-refractivity contribution in [1.29, 1.82) is 0 Å². The van der Waals surface area contributed by atoms with Gasteiger partial charge in [-0.1, -0.05) is 23.3 Å². The molecule has 30 heavy (non-hydrogen) atoms. The highest BCUT2D eigenvalue weighted by molar-refractivity contribution is 6.26. The molecule has 0 saturated heterocycles. The molecule has 0 aliphatic carbocycles. The number of nitrogens with zero attached hydrogens (tertiary/aromatic N) is 3. The monoisotopic (exact) mass is 409 g/mol. The number of ether oxygens (including phenoxy) is 1. The van der Waals surface area contributed by atoms with Gasteiger partial charge >= 0.3 is 5.69 Å². The second kappa shape index (κ2) is 6.81. The van der Waals surface area contributed by atoms with Crippen molar-refractivity contribution in [2.24, 2.45) is 0 Å². The summed E-state index contributed by atoms with van der Waals surface area (Å²) in [4.78, 5) is 51.9. The number of hydrogen-bond acceptors (Lipinski definition) is 8. The van der Waals surface area contributed by atoms with Gasteiger partial charge in [0.05, 0.1) is 34.1 Å². The molecule has 0 N–H and O–H groups in total. The van der Waals surface area contributed by atoms with Crippen molar-refractivity contribution < 1.29 is 29.0 Å². The molecule has 150 valence electrons. The number of nitro benzene ring substituents is 2. The van der Waals surface area contributed by atoms with Crippen LogP contribution in [0, 0.1) is 20.2 Å². The third-order valence-electron chi connectivity index (χ3n) is 4.58. The zero-order chi connectivity index (χ0) is 21.6. The van der Waals surface area contributed by atoms with Gasteiger partial charge in [0.25, 0.3) is 17.5 Å². The molecule has 2 amide bonds. The first-order chi connectivity index (χ1) is 14.3. The van der Waals surface area contributed by atoms with E-state index in [0.717, 1.165) is 12.1 Å². The highest BCUT2D eigenvalue weighted by atomic mass is 16.7. The van der Waals surface area contributed by atoms with Crippen molar-refractivity contribution in [3.63, 3.8) is 0 Å². The Morgan fingerprint density at radius 1 is 0.900 bits per heavy atom. The maximum Gasteiger partial charge on any atom is 0.321 e. The molecule has 1 aliphatic heterocycles. The zero-order valence-corrected chi connectivity index (χ0v) is 15.2. The van der Waals surface area contributed by atoms with E-state index in [9.17, 15) is 29.8 Å². The Labute approximate surface area is 167 Å². The van der Waals surface area contributed by atoms with E-state index in [1.54, 1.807) is 24.3 Å². The number of hydroxylamine groups is 2. The molecule has 3 aromatic carbocycles. The van der Waals surface area contributed by atoms with Gasteiger partial charge in [-0.15, -0.1) is 0 Å². The average Bonchev–Trinajstić information content (AvgIpc) is 2.74. The molecule has 0 aromatic heterocycles. The summed E-state index contributed by atoms with van der Waals surface area (Å²) in [6, 6.07) is 10.7. The molecule has 3 aromatic rings. The smallest absolute Gasteiger partial charge is 0.321 e. The number of non-ortho nitro benzene ring substituents is 1. The van der Waals surface area contributed by atoms with Crippen LogP contribution in [-0.4, -0.2) is 33.8 Å². The van der Waals surface area contributed by atoms with Crippen LogP contribution < -0.4 is 9.57 Å². The fraction of sp³-hybridized carbons (Fsp3) is 0.0526. The van der Waals surface area contributed by atoms with Crippen LogP contribution in [0.2, 0.25) is 0 Å². The fourth-order valence-electron chi connectivity index (χ4n) is 3.24. The van der Waals surface area contributed by atoms with Crippen LogP contribution in [0.25, 0.3) is 10.8 Å². The van der Waals surface area contributed by atoms with Gasteiger partial charge in [0.15, 0.2) is 0 Å². The number of carbonyl (C=O) groups is 2. The van der Waals surface area contributed by atoms with Gasteiger partial charge in [-0.3, -0.25) is 29.8 Å². The van der Waals surface area contributed by atoms with Crippen molar-refractivity contribution in [2.45, 2.75) is 0 Å². The van der Waals surface area contributed by atoms with E-state index in [1.807, 2.05) is 0 Å². The van der Waals surface area contributed by atoms with Crippen LogP contribution in [0.1, 0.15) is 20.7 Å². The Kier molecular flexibility index (Phi) is 4.27. The maximum absolute atomic E-state index is 13.1. The minimum Gasteiger partial charge on any atom is -0.496 e. The Morgan fingerprint density at radius 3 is 2.30 bits per heavy atom. The molecule has 4 rings (SSSR count). The van der Waals surface area contributed by atoms with Crippen LogP contribution in [0.4, 0.5) is 11.4 Å². The lowest BCUT2D eigenvalue weighted by atomic mass is 9.94. The summed E-state index contributed by atoms with van der Waals surface area (Å²) in [5.74, 6) is -2.02. The summed E-state index contributed by atoms with van der Waals surface area (Å²) in [6.07, 6.45) is 0. The summed E-state index contributed by atoms with van der Waals surface area (Å²) in [7, 11) is 1.36. The topological polar surface area (TPSA) is 142 Å². The van der Waals surface area contributed by atoms with Crippen LogP contribution in [0.15, 0.2) is 48.5 Å². The average molecular weight is 409 g/mol. The van der Waals surface area contributed by atoms with E-state index in [2.05, 4.69) is 0 Å². The zero-order valence-electron chi connectivity index (χ0n) is 15.2. The molecule has 0 saturated carbocycles. The third-order valence-corrected chi connectivity index (χ3v) is 4.58. The third kappa shape index (κ3) is 2.76. The van der Waals surface area contributed by atoms with Crippen molar-refractivity contribution in [3.05, 3.63) is 79.9 Å². The number of rotatable bonds is 5. The summed E-state index contributed by atoms with van der Waals surface area (Å²) in [5.41, 5.74) is -1.10. The Bertz CT molecular complexity index is 1270. The van der Waals surface area contributed by atoms with E-state index < -0.39 is 38.8 Å². The normalized spacial score (nSPS) is 12.8. The molecule has 1 heterocycles. The minimum absolute atomic E-state index is 0.0646. The molecular weight excluding hydrogens is 398 g/mol. The van der Waals surface area contributed by atoms with E-state index in [-0.39, 0.29) is 16.9 Å². The second-order valence-electron chi connectivity index (χ2n) is 6.21. The largest absolute Gasteiger partial charge is 0.496 e. The number of hydrogen-bond donors (Lipinski definition) is 0. The minimum atomic E-state index is -0.906. The summed E-state index contributed by atoms with van der Waals surface area (Å²) >= 11 is 0. The van der Waals surface area contributed by atoms with Crippen molar-refractivity contribution in [2.75, 3.05) is 7.11 Å². The van der Waals surface area contributed by atoms with Gasteiger partial charge in [0.2, 0.25) is 5.75 Å². The van der Waals surface area contributed by atoms with E-state index in [1.165, 1.54) is 13.2 Å². The predicted octanol–water partition coefficient (Wildman–Crippen LogP) is 3.25. The second-order valence-corrected chi connectivity index (χ2v) is 6.21. The first kappa shape index (κ1) is 18.8. The molecule has 0 atom stereocenters. The number of carbonyl (C=O) groups excluding carboxylic acids is 2. The van der Waals surface area contributed by atoms with Gasteiger partial charge in [-0.2, -0.15) is 0 Å². The summed E-state index contributed by atoms with van der Waals surface area (Å²) < 4.78 is 5.24. The molecule has 11 heteroatoms. The molecule has 1 aliphatic rings. The molecular formula is C19H11N3O8. The molecule has 0 radical (unpaired) electrons. The van der Waals surface area contributed by atoms with Crippen LogP contribution in [0.5, 0.6) is 11.5 Å². The lowest BCUT2D eigenvalue weighted by Crippen LogP contribution is -2.43. The van der Waals surface area contributed by atoms with Crippen molar-refractivity contribution in [3.8, 4) is 11.5 Å². The van der Waals surface area contributed by atoms with Gasteiger partial charge in [0.1, 0.15) is 5.75 Å². The maximum atomic E-state index is 13.1. The van der Waals surface area contributed by atoms with E-state index in [4.69, 9.17) is 9.57 Å². The number of methoxy groups -OCH3 is 1. The SMILES string of the molecule is COc1ccc2cccc3c2c1C(=O)N(Oc1ccc([N+](=O)[O-])cc1[N+](=O)[O-])C3=O. The van der Waals surface area contributed by atoms with Gasteiger partial charge in [-0.05, 0) is 23.6 Å². The molecule has 0 bridgehead atoms. The first-order valence-electron chi connectivity index (χ1n) is 8.42. The van der Waals surface area contributed by atoms with Crippen LogP contribution in [0.3, 0.4) is 0 Å². The van der Waals surface area contributed by atoms with Crippen molar-refractivity contribution >= 4 is 34.0 Å². The van der Waals surface area contributed by atoms with E-state index in [0.29, 0.717) is 21.9 Å². The predicted molar refractivity (Wildman–Crippen MR) is 101 cm³/mol. The van der Waals surface area contributed by atoms with Gasteiger partial charge in [-0.25, -0.2) is 0 Å². The number of imide groups is 1. The summed E-state index contributed by atoms with van der Waals surface area (Å²) in [5, 5.41) is 23.6. The highest BCUT2D eigenvalue weighted by Gasteiger charge is 2.38. The lowest BCUT2D eigenvalue weighted by Gasteiger charge is -2.27. The highest BCUT2D eigenvalue weighted by Crippen LogP contribution is 2.38.